The molecule has 5 heteroatoms. The molecular weight excluding hydrogens is 222 g/mol. The van der Waals surface area contributed by atoms with E-state index < -0.39 is 9.84 Å². The van der Waals surface area contributed by atoms with E-state index in [9.17, 15) is 8.42 Å². The van der Waals surface area contributed by atoms with Crippen molar-refractivity contribution < 1.29 is 8.42 Å². The van der Waals surface area contributed by atoms with Crippen LogP contribution in [0.15, 0.2) is 29.2 Å². The molecule has 3 nitrogen and oxygen atoms in total. The molecule has 0 bridgehead atoms. The molecule has 0 saturated carbocycles. The van der Waals surface area contributed by atoms with Crippen LogP contribution in [0.5, 0.6) is 0 Å². The van der Waals surface area contributed by atoms with Gasteiger partial charge in [0, 0.05) is 12.8 Å². The highest BCUT2D eigenvalue weighted by molar-refractivity contribution is 7.90. The molecule has 14 heavy (non-hydrogen) atoms. The largest absolute Gasteiger partial charge is 0.300 e. The predicted molar refractivity (Wildman–Crippen MR) is 57.1 cm³/mol. The lowest BCUT2D eigenvalue weighted by Gasteiger charge is -2.02. The summed E-state index contributed by atoms with van der Waals surface area (Å²) in [7, 11) is -3.09. The molecule has 1 rings (SSSR count). The Morgan fingerprint density at radius 2 is 1.86 bits per heavy atom. The number of benzene rings is 1. The average molecular weight is 234 g/mol. The van der Waals surface area contributed by atoms with E-state index in [-0.39, 0.29) is 0 Å². The van der Waals surface area contributed by atoms with Crippen LogP contribution >= 0.6 is 11.6 Å². The van der Waals surface area contributed by atoms with Gasteiger partial charge in [-0.1, -0.05) is 12.1 Å². The molecule has 1 aromatic carbocycles. The van der Waals surface area contributed by atoms with Crippen molar-refractivity contribution in [3.8, 4) is 0 Å². The number of sulfone groups is 1. The quantitative estimate of drug-likeness (QED) is 0.631. The molecule has 1 N–H and O–H groups in total. The third kappa shape index (κ3) is 3.29. The van der Waals surface area contributed by atoms with E-state index in [1.54, 1.807) is 24.3 Å². The lowest BCUT2D eigenvalue weighted by atomic mass is 10.2. The predicted octanol–water partition coefficient (Wildman–Crippen LogP) is 1.38. The maximum Gasteiger partial charge on any atom is 0.175 e. The number of halogens is 1. The zero-order valence-electron chi connectivity index (χ0n) is 7.83. The van der Waals surface area contributed by atoms with Crippen LogP contribution in [0.2, 0.25) is 0 Å². The second kappa shape index (κ2) is 4.77. The minimum atomic E-state index is -3.09. The number of nitrogens with one attached hydrogen (secondary N) is 1. The second-order valence-electron chi connectivity index (χ2n) is 2.98. The van der Waals surface area contributed by atoms with Gasteiger partial charge in [-0.15, -0.1) is 11.6 Å². The summed E-state index contributed by atoms with van der Waals surface area (Å²) in [6.45, 7) is 0.646. The maximum atomic E-state index is 11.1. The highest BCUT2D eigenvalue weighted by atomic mass is 35.5. The van der Waals surface area contributed by atoms with E-state index >= 15 is 0 Å². The Labute approximate surface area is 89.0 Å². The van der Waals surface area contributed by atoms with Gasteiger partial charge in [0.25, 0.3) is 0 Å². The fourth-order valence-electron chi connectivity index (χ4n) is 1.05. The first-order chi connectivity index (χ1) is 6.54. The van der Waals surface area contributed by atoms with Crippen LogP contribution in [0.3, 0.4) is 0 Å². The standard InChI is InChI=1S/C9H12ClNO2S/c1-14(12,13)9-4-2-8(3-5-9)6-11-7-10/h2-5,11H,6-7H2,1H3. The molecule has 0 saturated heterocycles. The van der Waals surface area contributed by atoms with E-state index in [4.69, 9.17) is 11.6 Å². The molecule has 0 aliphatic rings. The van der Waals surface area contributed by atoms with Crippen molar-refractivity contribution >= 4 is 21.4 Å². The van der Waals surface area contributed by atoms with E-state index in [1.165, 1.54) is 6.26 Å². The Bertz CT molecular complexity index is 386. The van der Waals surface area contributed by atoms with Crippen molar-refractivity contribution in [2.75, 3.05) is 12.3 Å². The molecule has 0 aliphatic carbocycles. The molecular formula is C9H12ClNO2S. The van der Waals surface area contributed by atoms with E-state index in [0.29, 0.717) is 17.4 Å². The molecule has 0 atom stereocenters. The van der Waals surface area contributed by atoms with Gasteiger partial charge in [-0.05, 0) is 17.7 Å². The molecule has 0 amide bonds. The Kier molecular flexibility index (Phi) is 3.92. The Morgan fingerprint density at radius 3 is 2.29 bits per heavy atom. The van der Waals surface area contributed by atoms with Crippen molar-refractivity contribution in [3.05, 3.63) is 29.8 Å². The normalized spacial score (nSPS) is 11.6. The average Bonchev–Trinajstić information content (AvgIpc) is 2.14. The van der Waals surface area contributed by atoms with Gasteiger partial charge in [0.2, 0.25) is 0 Å². The highest BCUT2D eigenvalue weighted by Gasteiger charge is 2.05. The van der Waals surface area contributed by atoms with Gasteiger partial charge in [-0.2, -0.15) is 0 Å². The SMILES string of the molecule is CS(=O)(=O)c1ccc(CNCCl)cc1. The zero-order chi connectivity index (χ0) is 10.6. The van der Waals surface area contributed by atoms with Gasteiger partial charge in [0.15, 0.2) is 9.84 Å². The number of hydrogen-bond acceptors (Lipinski definition) is 3. The third-order valence-electron chi connectivity index (χ3n) is 1.78. The smallest absolute Gasteiger partial charge is 0.175 e. The molecule has 0 radical (unpaired) electrons. The molecule has 0 unspecified atom stereocenters. The summed E-state index contributed by atoms with van der Waals surface area (Å²) in [6, 6.07) is 7.13. The number of hydrogen-bond donors (Lipinski definition) is 1. The first-order valence-electron chi connectivity index (χ1n) is 4.09. The Balaban J connectivity index is 2.79. The zero-order valence-corrected chi connectivity index (χ0v) is 9.40. The summed E-state index contributed by atoms with van der Waals surface area (Å²) >= 11 is 5.45. The van der Waals surface area contributed by atoms with Crippen LogP contribution in [-0.4, -0.2) is 20.7 Å². The van der Waals surface area contributed by atoms with Crippen LogP contribution < -0.4 is 5.32 Å². The number of rotatable bonds is 4. The molecule has 0 aliphatic heterocycles. The molecule has 0 aromatic heterocycles. The summed E-state index contributed by atoms with van der Waals surface area (Å²) < 4.78 is 22.2. The van der Waals surface area contributed by atoms with Crippen molar-refractivity contribution in [1.29, 1.82) is 0 Å². The summed E-state index contributed by atoms with van der Waals surface area (Å²) in [5, 5.41) is 2.94. The molecule has 1 aromatic rings. The maximum absolute atomic E-state index is 11.1. The molecule has 0 spiro atoms. The van der Waals surface area contributed by atoms with Gasteiger partial charge in [0.05, 0.1) is 10.9 Å². The topological polar surface area (TPSA) is 46.2 Å². The molecule has 0 fully saturated rings. The Morgan fingerprint density at radius 1 is 1.29 bits per heavy atom. The minimum Gasteiger partial charge on any atom is -0.300 e. The minimum absolute atomic E-state index is 0.340. The summed E-state index contributed by atoms with van der Waals surface area (Å²) in [5.74, 6) is 0. The van der Waals surface area contributed by atoms with E-state index in [1.807, 2.05) is 0 Å². The van der Waals surface area contributed by atoms with Crippen molar-refractivity contribution in [2.45, 2.75) is 11.4 Å². The van der Waals surface area contributed by atoms with Crippen LogP contribution in [0.1, 0.15) is 5.56 Å². The van der Waals surface area contributed by atoms with E-state index in [0.717, 1.165) is 5.56 Å². The first-order valence-corrected chi connectivity index (χ1v) is 6.52. The fourth-order valence-corrected chi connectivity index (χ4v) is 1.77. The van der Waals surface area contributed by atoms with Crippen molar-refractivity contribution in [2.24, 2.45) is 0 Å². The molecule has 78 valence electrons. The molecule has 0 heterocycles. The third-order valence-corrected chi connectivity index (χ3v) is 3.09. The van der Waals surface area contributed by atoms with Crippen LogP contribution in [-0.2, 0) is 16.4 Å². The monoisotopic (exact) mass is 233 g/mol. The fraction of sp³-hybridized carbons (Fsp3) is 0.333. The van der Waals surface area contributed by atoms with Crippen LogP contribution in [0.25, 0.3) is 0 Å². The summed E-state index contributed by atoms with van der Waals surface area (Å²) in [4.78, 5) is 0.340. The first kappa shape index (κ1) is 11.5. The van der Waals surface area contributed by atoms with Gasteiger partial charge in [0.1, 0.15) is 0 Å². The highest BCUT2D eigenvalue weighted by Crippen LogP contribution is 2.09. The Hall–Kier alpha value is -0.580. The van der Waals surface area contributed by atoms with Crippen LogP contribution in [0, 0.1) is 0 Å². The van der Waals surface area contributed by atoms with Crippen molar-refractivity contribution in [3.63, 3.8) is 0 Å². The lowest BCUT2D eigenvalue weighted by molar-refractivity contribution is 0.602. The van der Waals surface area contributed by atoms with E-state index in [2.05, 4.69) is 5.32 Å². The van der Waals surface area contributed by atoms with Gasteiger partial charge in [-0.25, -0.2) is 8.42 Å². The van der Waals surface area contributed by atoms with Gasteiger partial charge < -0.3 is 0 Å². The summed E-state index contributed by atoms with van der Waals surface area (Å²) in [5.41, 5.74) is 1.01. The lowest BCUT2D eigenvalue weighted by Crippen LogP contribution is -2.10. The number of alkyl halides is 1. The summed E-state index contributed by atoms with van der Waals surface area (Å²) in [6.07, 6.45) is 1.19. The van der Waals surface area contributed by atoms with Gasteiger partial charge in [-0.3, -0.25) is 5.32 Å². The second-order valence-corrected chi connectivity index (χ2v) is 5.26. The van der Waals surface area contributed by atoms with Crippen LogP contribution in [0.4, 0.5) is 0 Å². The van der Waals surface area contributed by atoms with Gasteiger partial charge >= 0.3 is 0 Å². The van der Waals surface area contributed by atoms with Crippen molar-refractivity contribution in [1.82, 2.24) is 5.32 Å².